The van der Waals surface area contributed by atoms with E-state index in [-0.39, 0.29) is 24.8 Å². The summed E-state index contributed by atoms with van der Waals surface area (Å²) < 4.78 is 8.08. The van der Waals surface area contributed by atoms with Crippen LogP contribution in [0.1, 0.15) is 58.9 Å². The first kappa shape index (κ1) is 36.2. The van der Waals surface area contributed by atoms with E-state index in [0.717, 1.165) is 109 Å². The van der Waals surface area contributed by atoms with E-state index in [9.17, 15) is 19.2 Å². The summed E-state index contributed by atoms with van der Waals surface area (Å²) in [5, 5.41) is 8.15. The Bertz CT molecular complexity index is 2420. The second-order valence-corrected chi connectivity index (χ2v) is 16.1. The number of amides is 4. The first-order chi connectivity index (χ1) is 28.3. The number of carbonyl (C=O) groups is 4. The number of aromatic nitrogens is 4. The smallest absolute Gasteiger partial charge is 0.262 e. The van der Waals surface area contributed by atoms with Crippen LogP contribution in [0, 0.1) is 5.92 Å². The number of hydrogen-bond donors (Lipinski definition) is 2. The molecule has 10 rings (SSSR count). The van der Waals surface area contributed by atoms with Gasteiger partial charge in [0.25, 0.3) is 11.8 Å². The number of para-hydroxylation sites is 1. The summed E-state index contributed by atoms with van der Waals surface area (Å²) in [4.78, 5) is 68.0. The molecule has 2 aromatic heterocycles. The van der Waals surface area contributed by atoms with Gasteiger partial charge in [-0.2, -0.15) is 5.10 Å². The topological polar surface area (TPSA) is 172 Å². The summed E-state index contributed by atoms with van der Waals surface area (Å²) in [6.45, 7) is 6.89. The lowest BCUT2D eigenvalue weighted by atomic mass is 9.97. The van der Waals surface area contributed by atoms with Crippen molar-refractivity contribution in [2.24, 2.45) is 5.92 Å². The molecule has 0 bridgehead atoms. The van der Waals surface area contributed by atoms with Crippen LogP contribution in [0.15, 0.2) is 79.1 Å². The van der Waals surface area contributed by atoms with Crippen molar-refractivity contribution >= 4 is 46.2 Å². The first-order valence-corrected chi connectivity index (χ1v) is 20.2. The Hall–Kier alpha value is -6.19. The van der Waals surface area contributed by atoms with Crippen LogP contribution >= 0.6 is 0 Å². The summed E-state index contributed by atoms with van der Waals surface area (Å²) in [7, 11) is 0. The molecule has 5 aliphatic heterocycles. The largest absolute Gasteiger partial charge is 0.457 e. The Morgan fingerprint density at radius 1 is 0.776 bits per heavy atom. The van der Waals surface area contributed by atoms with Gasteiger partial charge >= 0.3 is 0 Å². The maximum atomic E-state index is 13.3. The van der Waals surface area contributed by atoms with Gasteiger partial charge in [-0.3, -0.25) is 34.3 Å². The molecule has 15 nitrogen and oxygen atoms in total. The second-order valence-electron chi connectivity index (χ2n) is 16.1. The third kappa shape index (κ3) is 6.53. The first-order valence-electron chi connectivity index (χ1n) is 20.2. The standard InChI is InChI=1S/C43H44N10O5/c44-39-37-38(27-6-9-32(10-7-27)58-31-4-2-1-3-5-31)48-53(40(37)46-25-45-39)28-15-18-50(19-16-28)30-14-17-49(24-30)21-26-22-51(23-26)29-8-11-33-34(20-29)43(57)52(42(33)56)35-12-13-36(54)47-41(35)55/h1-11,20,25-26,28,30,35H,12-19,21-24H2,(H2,44,45,46)(H,47,54,55)/t30-,35?/m1/s1. The number of likely N-dealkylation sites (tertiary alicyclic amines) is 2. The molecule has 3 aromatic carbocycles. The van der Waals surface area contributed by atoms with Crippen molar-refractivity contribution in [1.29, 1.82) is 0 Å². The van der Waals surface area contributed by atoms with E-state index in [1.807, 2.05) is 60.7 Å². The number of rotatable bonds is 9. The molecule has 5 aromatic rings. The molecule has 1 unspecified atom stereocenters. The molecule has 5 aliphatic rings. The average Bonchev–Trinajstić information content (AvgIpc) is 3.92. The van der Waals surface area contributed by atoms with Crippen molar-refractivity contribution in [3.63, 3.8) is 0 Å². The van der Waals surface area contributed by atoms with Crippen LogP contribution in [0.4, 0.5) is 11.5 Å². The van der Waals surface area contributed by atoms with E-state index in [2.05, 4.69) is 34.7 Å². The van der Waals surface area contributed by atoms with Gasteiger partial charge in [0.2, 0.25) is 11.8 Å². The zero-order valence-electron chi connectivity index (χ0n) is 32.0. The molecule has 7 heterocycles. The number of nitrogens with zero attached hydrogens (tertiary/aromatic N) is 8. The number of ether oxygens (including phenoxy) is 1. The minimum Gasteiger partial charge on any atom is -0.457 e. The zero-order chi connectivity index (χ0) is 39.5. The van der Waals surface area contributed by atoms with Crippen LogP contribution in [0.2, 0.25) is 0 Å². The van der Waals surface area contributed by atoms with Crippen molar-refractivity contribution in [2.75, 3.05) is 56.4 Å². The van der Waals surface area contributed by atoms with Gasteiger partial charge in [0.05, 0.1) is 22.6 Å². The molecule has 3 N–H and O–H groups in total. The van der Waals surface area contributed by atoms with Gasteiger partial charge in [-0.15, -0.1) is 0 Å². The zero-order valence-corrected chi connectivity index (χ0v) is 32.0. The average molecular weight is 781 g/mol. The molecule has 4 fully saturated rings. The fourth-order valence-corrected chi connectivity index (χ4v) is 9.45. The number of hydrogen-bond acceptors (Lipinski definition) is 12. The maximum Gasteiger partial charge on any atom is 0.262 e. The van der Waals surface area contributed by atoms with Crippen molar-refractivity contribution in [3.05, 3.63) is 90.3 Å². The maximum absolute atomic E-state index is 13.3. The van der Waals surface area contributed by atoms with Gasteiger partial charge in [-0.1, -0.05) is 18.2 Å². The number of anilines is 2. The normalized spacial score (nSPS) is 22.1. The molecule has 4 saturated heterocycles. The van der Waals surface area contributed by atoms with Gasteiger partial charge in [0, 0.05) is 68.9 Å². The number of piperidine rings is 2. The molecule has 0 saturated carbocycles. The number of benzene rings is 3. The van der Waals surface area contributed by atoms with Gasteiger partial charge in [-0.05, 0) is 86.8 Å². The van der Waals surface area contributed by atoms with Gasteiger partial charge in [-0.25, -0.2) is 14.6 Å². The Labute approximate surface area is 334 Å². The van der Waals surface area contributed by atoms with Crippen LogP contribution in [0.25, 0.3) is 22.3 Å². The number of nitrogens with one attached hydrogen (secondary N) is 1. The molecule has 15 heteroatoms. The molecular weight excluding hydrogens is 737 g/mol. The molecule has 0 aliphatic carbocycles. The fraction of sp³-hybridized carbons (Fsp3) is 0.372. The number of carbonyl (C=O) groups excluding carboxylic acids is 4. The lowest BCUT2D eigenvalue weighted by Gasteiger charge is -2.43. The quantitative estimate of drug-likeness (QED) is 0.206. The highest BCUT2D eigenvalue weighted by Crippen LogP contribution is 2.37. The third-order valence-corrected chi connectivity index (χ3v) is 12.5. The van der Waals surface area contributed by atoms with Gasteiger partial charge in [0.1, 0.15) is 35.4 Å². The fourth-order valence-electron chi connectivity index (χ4n) is 9.45. The molecular formula is C43H44N10O5. The summed E-state index contributed by atoms with van der Waals surface area (Å²) in [6, 6.07) is 22.7. The number of imide groups is 2. The van der Waals surface area contributed by atoms with E-state index in [4.69, 9.17) is 15.6 Å². The van der Waals surface area contributed by atoms with E-state index in [1.54, 1.807) is 12.1 Å². The monoisotopic (exact) mass is 780 g/mol. The summed E-state index contributed by atoms with van der Waals surface area (Å²) in [6.07, 6.45) is 4.85. The van der Waals surface area contributed by atoms with E-state index in [0.29, 0.717) is 28.9 Å². The molecule has 0 spiro atoms. The van der Waals surface area contributed by atoms with Crippen LogP contribution in [0.5, 0.6) is 11.5 Å². The number of nitrogen functional groups attached to an aromatic ring is 1. The van der Waals surface area contributed by atoms with Crippen LogP contribution in [-0.2, 0) is 9.59 Å². The number of nitrogens with two attached hydrogens (primary N) is 1. The molecule has 58 heavy (non-hydrogen) atoms. The van der Waals surface area contributed by atoms with Gasteiger partial charge in [0.15, 0.2) is 5.65 Å². The highest BCUT2D eigenvalue weighted by Gasteiger charge is 2.45. The van der Waals surface area contributed by atoms with Crippen molar-refractivity contribution in [3.8, 4) is 22.8 Å². The molecule has 296 valence electrons. The Balaban J connectivity index is 0.729. The summed E-state index contributed by atoms with van der Waals surface area (Å²) in [5.41, 5.74) is 10.5. The predicted molar refractivity (Wildman–Crippen MR) is 215 cm³/mol. The number of fused-ring (bicyclic) bond motifs is 2. The predicted octanol–water partition coefficient (Wildman–Crippen LogP) is 4.12. The minimum atomic E-state index is -0.964. The SMILES string of the molecule is Nc1ncnc2c1c(-c1ccc(Oc3ccccc3)cc1)nn2C1CCN([C@@H]2CCN(CC3CN(c4ccc5c(c4)C(=O)N(C4CCC(=O)NC4=O)C5=O)C3)C2)CC1. The lowest BCUT2D eigenvalue weighted by Crippen LogP contribution is -2.54. The van der Waals surface area contributed by atoms with Crippen LogP contribution in [-0.4, -0.2) is 116 Å². The molecule has 0 radical (unpaired) electrons. The molecule has 4 amide bonds. The highest BCUT2D eigenvalue weighted by atomic mass is 16.5. The third-order valence-electron chi connectivity index (χ3n) is 12.5. The van der Waals surface area contributed by atoms with E-state index < -0.39 is 23.8 Å². The van der Waals surface area contributed by atoms with E-state index in [1.165, 1.54) is 6.33 Å². The minimum absolute atomic E-state index is 0.0988. The van der Waals surface area contributed by atoms with E-state index >= 15 is 0 Å². The summed E-state index contributed by atoms with van der Waals surface area (Å²) >= 11 is 0. The van der Waals surface area contributed by atoms with Crippen LogP contribution in [0.3, 0.4) is 0 Å². The lowest BCUT2D eigenvalue weighted by molar-refractivity contribution is -0.136. The second kappa shape index (κ2) is 14.6. The Morgan fingerprint density at radius 3 is 2.29 bits per heavy atom. The van der Waals surface area contributed by atoms with Crippen molar-refractivity contribution < 1.29 is 23.9 Å². The Morgan fingerprint density at radius 2 is 1.52 bits per heavy atom. The van der Waals surface area contributed by atoms with Crippen molar-refractivity contribution in [1.82, 2.24) is 39.8 Å². The highest BCUT2D eigenvalue weighted by molar-refractivity contribution is 6.23. The summed E-state index contributed by atoms with van der Waals surface area (Å²) in [5.74, 6) is 0.519. The van der Waals surface area contributed by atoms with Crippen LogP contribution < -0.4 is 20.7 Å². The Kier molecular flexibility index (Phi) is 9.13. The van der Waals surface area contributed by atoms with Crippen molar-refractivity contribution in [2.45, 2.75) is 50.2 Å². The molecule has 2 atom stereocenters. The van der Waals surface area contributed by atoms with Gasteiger partial charge < -0.3 is 20.3 Å².